The molecule has 1 aromatic heterocycles. The fourth-order valence-corrected chi connectivity index (χ4v) is 2.63. The zero-order valence-electron chi connectivity index (χ0n) is 10.1. The maximum absolute atomic E-state index is 12.0. The first kappa shape index (κ1) is 13.5. The van der Waals surface area contributed by atoms with E-state index in [0.717, 1.165) is 0 Å². The van der Waals surface area contributed by atoms with Crippen molar-refractivity contribution >= 4 is 32.9 Å². The Kier molecular flexibility index (Phi) is 3.54. The van der Waals surface area contributed by atoms with Crippen molar-refractivity contribution in [2.75, 3.05) is 4.72 Å². The highest BCUT2D eigenvalue weighted by molar-refractivity contribution is 7.92. The van der Waals surface area contributed by atoms with Crippen LogP contribution in [-0.2, 0) is 17.1 Å². The molecule has 0 atom stereocenters. The van der Waals surface area contributed by atoms with Crippen molar-refractivity contribution in [2.24, 2.45) is 12.8 Å². The largest absolute Gasteiger partial charge is 0.389 e. The minimum atomic E-state index is -3.70. The Morgan fingerprint density at radius 2 is 2.21 bits per heavy atom. The molecule has 0 unspecified atom stereocenters. The monoisotopic (exact) mass is 296 g/mol. The van der Waals surface area contributed by atoms with Gasteiger partial charge < -0.3 is 10.3 Å². The highest BCUT2D eigenvalue weighted by Crippen LogP contribution is 2.15. The van der Waals surface area contributed by atoms with Crippen molar-refractivity contribution in [1.82, 2.24) is 9.55 Å². The van der Waals surface area contributed by atoms with E-state index in [0.29, 0.717) is 11.3 Å². The lowest BCUT2D eigenvalue weighted by Crippen LogP contribution is -2.15. The number of hydrogen-bond acceptors (Lipinski definition) is 4. The summed E-state index contributed by atoms with van der Waals surface area (Å²) >= 11 is 4.84. The number of rotatable bonds is 4. The van der Waals surface area contributed by atoms with Gasteiger partial charge in [0, 0.05) is 24.5 Å². The molecule has 0 bridgehead atoms. The molecule has 0 aliphatic rings. The van der Waals surface area contributed by atoms with E-state index in [1.165, 1.54) is 12.5 Å². The number of nitrogens with one attached hydrogen (secondary N) is 1. The molecule has 0 aliphatic heterocycles. The molecule has 2 aromatic rings. The number of nitrogens with zero attached hydrogens (tertiary/aromatic N) is 2. The number of aromatic nitrogens is 2. The van der Waals surface area contributed by atoms with E-state index in [4.69, 9.17) is 18.0 Å². The zero-order valence-corrected chi connectivity index (χ0v) is 11.7. The minimum absolute atomic E-state index is 0.0456. The number of hydrogen-bond donors (Lipinski definition) is 2. The van der Waals surface area contributed by atoms with Crippen molar-refractivity contribution in [3.8, 4) is 0 Å². The Morgan fingerprint density at radius 3 is 2.79 bits per heavy atom. The van der Waals surface area contributed by atoms with E-state index >= 15 is 0 Å². The van der Waals surface area contributed by atoms with Crippen LogP contribution in [0.15, 0.2) is 41.8 Å². The molecule has 1 aromatic carbocycles. The molecule has 0 saturated carbocycles. The van der Waals surface area contributed by atoms with Crippen molar-refractivity contribution in [3.63, 3.8) is 0 Å². The lowest BCUT2D eigenvalue weighted by Gasteiger charge is -2.07. The smallest absolute Gasteiger partial charge is 0.280 e. The second kappa shape index (κ2) is 4.98. The van der Waals surface area contributed by atoms with Crippen molar-refractivity contribution in [2.45, 2.75) is 5.03 Å². The second-order valence-electron chi connectivity index (χ2n) is 3.93. The molecule has 6 nitrogen and oxygen atoms in total. The molecule has 0 amide bonds. The van der Waals surface area contributed by atoms with Crippen LogP contribution >= 0.6 is 12.2 Å². The third-order valence-electron chi connectivity index (χ3n) is 2.36. The van der Waals surface area contributed by atoms with Crippen LogP contribution in [-0.4, -0.2) is 23.0 Å². The summed E-state index contributed by atoms with van der Waals surface area (Å²) in [7, 11) is -2.01. The topological polar surface area (TPSA) is 90.0 Å². The fraction of sp³-hybridized carbons (Fsp3) is 0.0909. The predicted octanol–water partition coefficient (Wildman–Crippen LogP) is 0.855. The van der Waals surface area contributed by atoms with Gasteiger partial charge in [0.25, 0.3) is 10.0 Å². The van der Waals surface area contributed by atoms with Gasteiger partial charge in [0.1, 0.15) is 4.99 Å². The van der Waals surface area contributed by atoms with Gasteiger partial charge in [-0.2, -0.15) is 8.42 Å². The van der Waals surface area contributed by atoms with E-state index in [9.17, 15) is 8.42 Å². The van der Waals surface area contributed by atoms with Gasteiger partial charge in [0.2, 0.25) is 0 Å². The highest BCUT2D eigenvalue weighted by Gasteiger charge is 2.17. The van der Waals surface area contributed by atoms with E-state index in [1.54, 1.807) is 35.9 Å². The summed E-state index contributed by atoms with van der Waals surface area (Å²) < 4.78 is 28.1. The first-order valence-corrected chi connectivity index (χ1v) is 7.18. The Labute approximate surface area is 116 Å². The van der Waals surface area contributed by atoms with Crippen LogP contribution in [0, 0.1) is 0 Å². The molecule has 0 fully saturated rings. The molecular formula is C11H12N4O2S2. The molecule has 8 heteroatoms. The Hall–Kier alpha value is -1.93. The lowest BCUT2D eigenvalue weighted by molar-refractivity contribution is 0.598. The number of nitrogens with two attached hydrogens (primary N) is 1. The summed E-state index contributed by atoms with van der Waals surface area (Å²) in [5, 5.41) is -0.0456. The predicted molar refractivity (Wildman–Crippen MR) is 76.3 cm³/mol. The number of imidazole rings is 1. The molecule has 3 N–H and O–H groups in total. The first-order valence-electron chi connectivity index (χ1n) is 5.29. The molecule has 0 aliphatic carbocycles. The van der Waals surface area contributed by atoms with Crippen LogP contribution in [0.25, 0.3) is 0 Å². The van der Waals surface area contributed by atoms with E-state index in [2.05, 4.69) is 9.71 Å². The van der Waals surface area contributed by atoms with E-state index in [1.807, 2.05) is 0 Å². The Morgan fingerprint density at radius 1 is 1.47 bits per heavy atom. The van der Waals surface area contributed by atoms with Gasteiger partial charge in [-0.15, -0.1) is 0 Å². The van der Waals surface area contributed by atoms with Crippen molar-refractivity contribution < 1.29 is 8.42 Å². The number of thiocarbonyl (C=S) groups is 1. The SMILES string of the molecule is Cn1cnc(S(=O)(=O)Nc2cccc(C(N)=S)c2)c1. The van der Waals surface area contributed by atoms with Gasteiger partial charge in [-0.3, -0.25) is 4.72 Å². The molecule has 0 radical (unpaired) electrons. The normalized spacial score (nSPS) is 11.2. The summed E-state index contributed by atoms with van der Waals surface area (Å²) in [6.07, 6.45) is 2.83. The summed E-state index contributed by atoms with van der Waals surface area (Å²) in [5.41, 5.74) is 6.48. The van der Waals surface area contributed by atoms with Gasteiger partial charge in [0.15, 0.2) is 5.03 Å². The van der Waals surface area contributed by atoms with Gasteiger partial charge in [0.05, 0.1) is 6.33 Å². The van der Waals surface area contributed by atoms with Gasteiger partial charge in [-0.05, 0) is 12.1 Å². The van der Waals surface area contributed by atoms with Crippen LogP contribution in [0.2, 0.25) is 0 Å². The molecule has 1 heterocycles. The second-order valence-corrected chi connectivity index (χ2v) is 6.00. The number of sulfonamides is 1. The van der Waals surface area contributed by atoms with Gasteiger partial charge >= 0.3 is 0 Å². The third-order valence-corrected chi connectivity index (χ3v) is 3.86. The van der Waals surface area contributed by atoms with E-state index in [-0.39, 0.29) is 10.0 Å². The van der Waals surface area contributed by atoms with Crippen LogP contribution in [0.4, 0.5) is 5.69 Å². The third kappa shape index (κ3) is 3.09. The average molecular weight is 296 g/mol. The molecule has 2 rings (SSSR count). The van der Waals surface area contributed by atoms with Gasteiger partial charge in [-0.25, -0.2) is 4.98 Å². The first-order chi connectivity index (χ1) is 8.88. The van der Waals surface area contributed by atoms with Gasteiger partial charge in [-0.1, -0.05) is 24.4 Å². The summed E-state index contributed by atoms with van der Waals surface area (Å²) in [6.45, 7) is 0. The molecule has 19 heavy (non-hydrogen) atoms. The van der Waals surface area contributed by atoms with Crippen LogP contribution in [0.3, 0.4) is 0 Å². The summed E-state index contributed by atoms with van der Waals surface area (Å²) in [5.74, 6) is 0. The number of aryl methyl sites for hydroxylation is 1. The maximum atomic E-state index is 12.0. The minimum Gasteiger partial charge on any atom is -0.389 e. The van der Waals surface area contributed by atoms with Crippen molar-refractivity contribution in [3.05, 3.63) is 42.4 Å². The lowest BCUT2D eigenvalue weighted by atomic mass is 10.2. The summed E-state index contributed by atoms with van der Waals surface area (Å²) in [4.78, 5) is 4.01. The maximum Gasteiger partial charge on any atom is 0.280 e. The molecule has 0 saturated heterocycles. The molecule has 0 spiro atoms. The fourth-order valence-electron chi connectivity index (χ4n) is 1.47. The molecule has 100 valence electrons. The van der Waals surface area contributed by atoms with Crippen LogP contribution in [0.1, 0.15) is 5.56 Å². The van der Waals surface area contributed by atoms with Crippen molar-refractivity contribution in [1.29, 1.82) is 0 Å². The standard InChI is InChI=1S/C11H12N4O2S2/c1-15-6-10(13-7-15)19(16,17)14-9-4-2-3-8(5-9)11(12)18/h2-7,14H,1H3,(H2,12,18). The van der Waals surface area contributed by atoms with Crippen LogP contribution in [0.5, 0.6) is 0 Å². The molecular weight excluding hydrogens is 284 g/mol. The quantitative estimate of drug-likeness (QED) is 0.817. The van der Waals surface area contributed by atoms with Crippen LogP contribution < -0.4 is 10.5 Å². The average Bonchev–Trinajstić information content (AvgIpc) is 2.76. The summed E-state index contributed by atoms with van der Waals surface area (Å²) in [6, 6.07) is 6.57. The number of benzene rings is 1. The zero-order chi connectivity index (χ0) is 14.0. The Bertz CT molecular complexity index is 722. The number of anilines is 1. The highest BCUT2D eigenvalue weighted by atomic mass is 32.2. The Balaban J connectivity index is 2.30. The van der Waals surface area contributed by atoms with E-state index < -0.39 is 10.0 Å².